The maximum atomic E-state index is 13.3. The number of anilines is 1. The molecule has 3 rings (SSSR count). The summed E-state index contributed by atoms with van der Waals surface area (Å²) in [5.41, 5.74) is 2.97. The van der Waals surface area contributed by atoms with Gasteiger partial charge in [0.15, 0.2) is 5.96 Å². The van der Waals surface area contributed by atoms with Crippen LogP contribution >= 0.6 is 0 Å². The van der Waals surface area contributed by atoms with Crippen molar-refractivity contribution < 1.29 is 9.18 Å². The van der Waals surface area contributed by atoms with E-state index in [1.165, 1.54) is 17.7 Å². The molecule has 2 aromatic carbocycles. The number of carbonyl (C=O) groups is 1. The molecule has 0 saturated carbocycles. The highest BCUT2D eigenvalue weighted by molar-refractivity contribution is 5.98. The lowest BCUT2D eigenvalue weighted by molar-refractivity contribution is -0.117. The molecule has 1 heterocycles. The number of para-hydroxylation sites is 1. The number of nitrogens with one attached hydrogen (secondary N) is 2. The van der Waals surface area contributed by atoms with Crippen molar-refractivity contribution >= 4 is 17.6 Å². The van der Waals surface area contributed by atoms with Crippen LogP contribution in [0.15, 0.2) is 53.5 Å². The van der Waals surface area contributed by atoms with Gasteiger partial charge < -0.3 is 15.5 Å². The van der Waals surface area contributed by atoms with Crippen molar-refractivity contribution in [3.05, 3.63) is 65.5 Å². The van der Waals surface area contributed by atoms with Gasteiger partial charge in [-0.05, 0) is 42.7 Å². The zero-order valence-corrected chi connectivity index (χ0v) is 14.8. The topological polar surface area (TPSA) is 56.7 Å². The predicted molar refractivity (Wildman–Crippen MR) is 102 cm³/mol. The molecule has 0 saturated heterocycles. The zero-order valence-electron chi connectivity index (χ0n) is 14.8. The third kappa shape index (κ3) is 4.39. The Morgan fingerprint density at radius 3 is 2.85 bits per heavy atom. The molecule has 136 valence electrons. The Kier molecular flexibility index (Phi) is 5.84. The molecule has 0 fully saturated rings. The van der Waals surface area contributed by atoms with E-state index in [1.54, 1.807) is 11.0 Å². The Labute approximate surface area is 152 Å². The van der Waals surface area contributed by atoms with Crippen LogP contribution in [0.25, 0.3) is 0 Å². The predicted octanol–water partition coefficient (Wildman–Crippen LogP) is 2.47. The van der Waals surface area contributed by atoms with Crippen LogP contribution in [0, 0.1) is 5.82 Å². The van der Waals surface area contributed by atoms with Gasteiger partial charge in [-0.3, -0.25) is 4.79 Å². The van der Waals surface area contributed by atoms with Crippen molar-refractivity contribution in [2.75, 3.05) is 24.5 Å². The second-order valence-electron chi connectivity index (χ2n) is 6.10. The molecule has 0 radical (unpaired) electrons. The van der Waals surface area contributed by atoms with Gasteiger partial charge in [0.05, 0.1) is 13.1 Å². The van der Waals surface area contributed by atoms with Gasteiger partial charge in [0.25, 0.3) is 0 Å². The SMILES string of the molecule is CCNC(=NCc1cccc(F)c1)NCC(=O)N1CCc2ccccc21. The number of fused-ring (bicyclic) bond motifs is 1. The first kappa shape index (κ1) is 17.9. The average molecular weight is 354 g/mol. The van der Waals surface area contributed by atoms with Crippen molar-refractivity contribution in [2.45, 2.75) is 19.9 Å². The monoisotopic (exact) mass is 354 g/mol. The van der Waals surface area contributed by atoms with Crippen LogP contribution in [0.5, 0.6) is 0 Å². The molecule has 0 aromatic heterocycles. The van der Waals surface area contributed by atoms with E-state index >= 15 is 0 Å². The lowest BCUT2D eigenvalue weighted by atomic mass is 10.2. The summed E-state index contributed by atoms with van der Waals surface area (Å²) < 4.78 is 13.3. The molecule has 0 atom stereocenters. The first-order chi connectivity index (χ1) is 12.7. The molecule has 0 aliphatic carbocycles. The second-order valence-corrected chi connectivity index (χ2v) is 6.10. The Morgan fingerprint density at radius 1 is 1.19 bits per heavy atom. The molecular formula is C20H23FN4O. The van der Waals surface area contributed by atoms with E-state index in [0.717, 1.165) is 17.7 Å². The maximum absolute atomic E-state index is 13.3. The van der Waals surface area contributed by atoms with E-state index < -0.39 is 0 Å². The number of halogens is 1. The molecule has 1 amide bonds. The maximum Gasteiger partial charge on any atom is 0.246 e. The molecule has 6 heteroatoms. The summed E-state index contributed by atoms with van der Waals surface area (Å²) in [5.74, 6) is 0.266. The Morgan fingerprint density at radius 2 is 2.04 bits per heavy atom. The van der Waals surface area contributed by atoms with Crippen LogP contribution < -0.4 is 15.5 Å². The number of hydrogen-bond acceptors (Lipinski definition) is 2. The number of guanidine groups is 1. The number of hydrogen-bond donors (Lipinski definition) is 2. The smallest absolute Gasteiger partial charge is 0.246 e. The molecular weight excluding hydrogens is 331 g/mol. The third-order valence-corrected chi connectivity index (χ3v) is 4.25. The molecule has 0 unspecified atom stereocenters. The normalized spacial score (nSPS) is 13.5. The van der Waals surface area contributed by atoms with Crippen molar-refractivity contribution in [1.29, 1.82) is 0 Å². The van der Waals surface area contributed by atoms with Crippen LogP contribution in [0.1, 0.15) is 18.1 Å². The summed E-state index contributed by atoms with van der Waals surface area (Å²) in [6.07, 6.45) is 0.885. The van der Waals surface area contributed by atoms with E-state index in [-0.39, 0.29) is 18.3 Å². The summed E-state index contributed by atoms with van der Waals surface area (Å²) in [4.78, 5) is 18.8. The minimum Gasteiger partial charge on any atom is -0.357 e. The average Bonchev–Trinajstić information content (AvgIpc) is 3.08. The van der Waals surface area contributed by atoms with E-state index in [0.29, 0.717) is 25.6 Å². The fourth-order valence-electron chi connectivity index (χ4n) is 3.00. The molecule has 2 N–H and O–H groups in total. The molecule has 26 heavy (non-hydrogen) atoms. The summed E-state index contributed by atoms with van der Waals surface area (Å²) in [6, 6.07) is 14.3. The Bertz CT molecular complexity index is 806. The molecule has 1 aliphatic rings. The molecule has 1 aliphatic heterocycles. The van der Waals surface area contributed by atoms with Crippen molar-refractivity contribution in [2.24, 2.45) is 4.99 Å². The van der Waals surface area contributed by atoms with Crippen molar-refractivity contribution in [3.8, 4) is 0 Å². The quantitative estimate of drug-likeness (QED) is 0.641. The van der Waals surface area contributed by atoms with Gasteiger partial charge in [-0.1, -0.05) is 30.3 Å². The minimum atomic E-state index is -0.279. The van der Waals surface area contributed by atoms with Crippen molar-refractivity contribution in [1.82, 2.24) is 10.6 Å². The summed E-state index contributed by atoms with van der Waals surface area (Å²) in [5, 5.41) is 6.17. The van der Waals surface area contributed by atoms with Gasteiger partial charge in [-0.2, -0.15) is 0 Å². The first-order valence-corrected chi connectivity index (χ1v) is 8.82. The van der Waals surface area contributed by atoms with Gasteiger partial charge in [-0.15, -0.1) is 0 Å². The van der Waals surface area contributed by atoms with Crippen LogP contribution in [-0.4, -0.2) is 31.5 Å². The summed E-state index contributed by atoms with van der Waals surface area (Å²) in [6.45, 7) is 3.83. The highest BCUT2D eigenvalue weighted by Crippen LogP contribution is 2.27. The second kappa shape index (κ2) is 8.47. The lowest BCUT2D eigenvalue weighted by Gasteiger charge is -2.18. The first-order valence-electron chi connectivity index (χ1n) is 8.82. The van der Waals surface area contributed by atoms with E-state index in [9.17, 15) is 9.18 Å². The Hall–Kier alpha value is -2.89. The fraction of sp³-hybridized carbons (Fsp3) is 0.300. The van der Waals surface area contributed by atoms with Gasteiger partial charge in [0.1, 0.15) is 5.82 Å². The Balaban J connectivity index is 1.60. The van der Waals surface area contributed by atoms with Crippen LogP contribution in [0.2, 0.25) is 0 Å². The third-order valence-electron chi connectivity index (χ3n) is 4.25. The number of carbonyl (C=O) groups excluding carboxylic acids is 1. The van der Waals surface area contributed by atoms with Gasteiger partial charge in [0.2, 0.25) is 5.91 Å². The highest BCUT2D eigenvalue weighted by atomic mass is 19.1. The fourth-order valence-corrected chi connectivity index (χ4v) is 3.00. The van der Waals surface area contributed by atoms with E-state index in [4.69, 9.17) is 0 Å². The molecule has 0 spiro atoms. The van der Waals surface area contributed by atoms with Crippen LogP contribution in [0.4, 0.5) is 10.1 Å². The molecule has 5 nitrogen and oxygen atoms in total. The zero-order chi connectivity index (χ0) is 18.4. The number of nitrogens with zero attached hydrogens (tertiary/aromatic N) is 2. The number of amides is 1. The number of benzene rings is 2. The van der Waals surface area contributed by atoms with Gasteiger partial charge >= 0.3 is 0 Å². The van der Waals surface area contributed by atoms with Gasteiger partial charge in [0, 0.05) is 18.8 Å². The standard InChI is InChI=1S/C20H23FN4O/c1-2-22-20(23-13-15-6-5-8-17(21)12-15)24-14-19(26)25-11-10-16-7-3-4-9-18(16)25/h3-9,12H,2,10-11,13-14H2,1H3,(H2,22,23,24). The minimum absolute atomic E-state index is 0.00584. The van der Waals surface area contributed by atoms with Crippen molar-refractivity contribution in [3.63, 3.8) is 0 Å². The molecule has 2 aromatic rings. The van der Waals surface area contributed by atoms with E-state index in [2.05, 4.69) is 21.7 Å². The lowest BCUT2D eigenvalue weighted by Crippen LogP contribution is -2.44. The molecule has 0 bridgehead atoms. The highest BCUT2D eigenvalue weighted by Gasteiger charge is 2.23. The van der Waals surface area contributed by atoms with Gasteiger partial charge in [-0.25, -0.2) is 9.38 Å². The number of aliphatic imine (C=N–C) groups is 1. The largest absolute Gasteiger partial charge is 0.357 e. The summed E-state index contributed by atoms with van der Waals surface area (Å²) >= 11 is 0. The van der Waals surface area contributed by atoms with Crippen LogP contribution in [-0.2, 0) is 17.8 Å². The van der Waals surface area contributed by atoms with Crippen LogP contribution in [0.3, 0.4) is 0 Å². The summed E-state index contributed by atoms with van der Waals surface area (Å²) in [7, 11) is 0. The van der Waals surface area contributed by atoms with E-state index in [1.807, 2.05) is 31.2 Å². The number of rotatable bonds is 5.